The van der Waals surface area contributed by atoms with Crippen LogP contribution in [0.2, 0.25) is 0 Å². The van der Waals surface area contributed by atoms with Gasteiger partial charge in [-0.2, -0.15) is 0 Å². The van der Waals surface area contributed by atoms with Gasteiger partial charge < -0.3 is 0 Å². The van der Waals surface area contributed by atoms with E-state index in [4.69, 9.17) is 9.97 Å². The topological polar surface area (TPSA) is 35.1 Å². The van der Waals surface area contributed by atoms with Crippen LogP contribution in [-0.2, 0) is 0 Å². The van der Waals surface area contributed by atoms with Gasteiger partial charge in [-0.15, -0.1) is 0 Å². The lowest BCUT2D eigenvalue weighted by Crippen LogP contribution is -2.06. The molecule has 0 aliphatic rings. The van der Waals surface area contributed by atoms with E-state index in [0.29, 0.717) is 0 Å². The van der Waals surface area contributed by atoms with Crippen molar-refractivity contribution in [2.75, 3.05) is 0 Å². The van der Waals surface area contributed by atoms with Crippen molar-refractivity contribution < 1.29 is 4.39 Å². The van der Waals surface area contributed by atoms with Crippen LogP contribution in [-0.4, -0.2) is 18.9 Å². The Morgan fingerprint density at radius 3 is 2.00 bits per heavy atom. The van der Waals surface area contributed by atoms with Gasteiger partial charge in [-0.1, -0.05) is 66.7 Å². The summed E-state index contributed by atoms with van der Waals surface area (Å²) < 4.78 is 18.0. The average Bonchev–Trinajstić information content (AvgIpc) is 3.49. The maximum absolute atomic E-state index is 13.6. The van der Waals surface area contributed by atoms with Crippen LogP contribution in [0.25, 0.3) is 66.5 Å². The molecule has 0 unspecified atom stereocenters. The van der Waals surface area contributed by atoms with Crippen molar-refractivity contribution in [1.29, 1.82) is 0 Å². The number of aromatic nitrogens is 4. The van der Waals surface area contributed by atoms with Crippen LogP contribution in [0.4, 0.5) is 4.39 Å². The first-order chi connectivity index (χ1) is 18.3. The quantitative estimate of drug-likeness (QED) is 0.253. The van der Waals surface area contributed by atoms with Gasteiger partial charge in [0, 0.05) is 16.2 Å². The molecule has 5 aromatic carbocycles. The molecule has 8 rings (SSSR count). The maximum atomic E-state index is 13.6. The number of halogens is 1. The van der Waals surface area contributed by atoms with E-state index in [-0.39, 0.29) is 5.82 Å². The molecular weight excluding hydrogens is 459 g/mol. The van der Waals surface area contributed by atoms with Crippen LogP contribution in [0, 0.1) is 5.82 Å². The summed E-state index contributed by atoms with van der Waals surface area (Å²) in [5.41, 5.74) is 7.78. The first-order valence-electron chi connectivity index (χ1n) is 12.2. The Labute approximate surface area is 210 Å². The summed E-state index contributed by atoms with van der Waals surface area (Å²) in [4.78, 5) is 10.2. The normalized spacial score (nSPS) is 11.9. The second kappa shape index (κ2) is 7.48. The Bertz CT molecular complexity index is 2150. The van der Waals surface area contributed by atoms with Gasteiger partial charge in [0.2, 0.25) is 5.95 Å². The maximum Gasteiger partial charge on any atom is 0.221 e. The fraction of sp³-hybridized carbons (Fsp3) is 0. The summed E-state index contributed by atoms with van der Waals surface area (Å²) in [7, 11) is 0. The van der Waals surface area contributed by atoms with Crippen LogP contribution in [0.1, 0.15) is 0 Å². The van der Waals surface area contributed by atoms with Gasteiger partial charge in [-0.25, -0.2) is 14.4 Å². The third-order valence-corrected chi connectivity index (χ3v) is 7.18. The van der Waals surface area contributed by atoms with E-state index in [9.17, 15) is 4.39 Å². The number of benzene rings is 5. The van der Waals surface area contributed by atoms with Gasteiger partial charge in [-0.3, -0.25) is 8.97 Å². The van der Waals surface area contributed by atoms with Crippen molar-refractivity contribution in [3.8, 4) is 17.1 Å². The molecular formula is C32H19FN4. The number of fused-ring (bicyclic) bond motifs is 8. The fourth-order valence-electron chi connectivity index (χ4n) is 5.48. The van der Waals surface area contributed by atoms with E-state index in [0.717, 1.165) is 66.5 Å². The van der Waals surface area contributed by atoms with Crippen LogP contribution in [0.15, 0.2) is 115 Å². The molecule has 0 aliphatic carbocycles. The Morgan fingerprint density at radius 2 is 1.16 bits per heavy atom. The van der Waals surface area contributed by atoms with E-state index in [2.05, 4.69) is 63.6 Å². The summed E-state index contributed by atoms with van der Waals surface area (Å²) >= 11 is 0. The Balaban J connectivity index is 1.56. The minimum absolute atomic E-state index is 0.242. The number of para-hydroxylation sites is 4. The molecule has 0 spiro atoms. The molecule has 0 N–H and O–H groups in total. The lowest BCUT2D eigenvalue weighted by Gasteiger charge is -2.13. The third kappa shape index (κ3) is 2.88. The molecule has 5 heteroatoms. The van der Waals surface area contributed by atoms with Crippen molar-refractivity contribution in [2.45, 2.75) is 0 Å². The van der Waals surface area contributed by atoms with Gasteiger partial charge >= 0.3 is 0 Å². The zero-order chi connectivity index (χ0) is 24.5. The van der Waals surface area contributed by atoms with Gasteiger partial charge in [-0.05, 0) is 59.7 Å². The van der Waals surface area contributed by atoms with Crippen molar-refractivity contribution in [1.82, 2.24) is 18.9 Å². The second-order valence-corrected chi connectivity index (χ2v) is 9.28. The molecule has 0 atom stereocenters. The largest absolute Gasteiger partial charge is 0.279 e. The van der Waals surface area contributed by atoms with E-state index in [1.807, 2.05) is 48.5 Å². The van der Waals surface area contributed by atoms with Crippen LogP contribution in [0.5, 0.6) is 0 Å². The SMILES string of the molecule is Fc1ccc(-c2ccc3c4ccccc4n(-c4nc5ccccc5c5nc6ccccc6n45)c3c2)cc1. The zero-order valence-corrected chi connectivity index (χ0v) is 19.6. The minimum atomic E-state index is -0.242. The lowest BCUT2D eigenvalue weighted by molar-refractivity contribution is 0.628. The molecule has 0 saturated carbocycles. The number of rotatable bonds is 2. The van der Waals surface area contributed by atoms with Crippen molar-refractivity contribution in [3.63, 3.8) is 0 Å². The molecule has 0 aliphatic heterocycles. The van der Waals surface area contributed by atoms with Gasteiger partial charge in [0.05, 0.1) is 27.6 Å². The minimum Gasteiger partial charge on any atom is -0.279 e. The summed E-state index contributed by atoms with van der Waals surface area (Å²) in [6.45, 7) is 0. The van der Waals surface area contributed by atoms with Crippen LogP contribution in [0.3, 0.4) is 0 Å². The average molecular weight is 479 g/mol. The van der Waals surface area contributed by atoms with Gasteiger partial charge in [0.25, 0.3) is 0 Å². The smallest absolute Gasteiger partial charge is 0.221 e. The molecule has 0 bridgehead atoms. The number of hydrogen-bond donors (Lipinski definition) is 0. The highest BCUT2D eigenvalue weighted by Gasteiger charge is 2.20. The molecule has 4 nitrogen and oxygen atoms in total. The number of imidazole rings is 1. The highest BCUT2D eigenvalue weighted by atomic mass is 19.1. The molecule has 0 fully saturated rings. The van der Waals surface area contributed by atoms with Crippen LogP contribution >= 0.6 is 0 Å². The predicted octanol–water partition coefficient (Wildman–Crippen LogP) is 7.94. The molecule has 0 saturated heterocycles. The summed E-state index contributed by atoms with van der Waals surface area (Å²) in [6.07, 6.45) is 0. The molecule has 3 heterocycles. The van der Waals surface area contributed by atoms with E-state index >= 15 is 0 Å². The summed E-state index contributed by atoms with van der Waals surface area (Å²) in [6, 6.07) is 37.8. The lowest BCUT2D eigenvalue weighted by atomic mass is 10.0. The fourth-order valence-corrected chi connectivity index (χ4v) is 5.48. The number of nitrogens with zero attached hydrogens (tertiary/aromatic N) is 4. The standard InChI is InChI=1S/C32H19FN4/c33-22-16-13-20(14-17-22)21-15-18-24-23-7-2-5-11-28(23)36(30(24)19-21)32-35-26-9-3-1-8-25(26)31-34-27-10-4-6-12-29(27)37(31)32/h1-19H. The molecule has 0 radical (unpaired) electrons. The highest BCUT2D eigenvalue weighted by Crippen LogP contribution is 2.36. The molecule has 8 aromatic rings. The summed E-state index contributed by atoms with van der Waals surface area (Å²) in [5, 5.41) is 3.29. The van der Waals surface area contributed by atoms with Gasteiger partial charge in [0.1, 0.15) is 11.5 Å². The Kier molecular flexibility index (Phi) is 4.08. The monoisotopic (exact) mass is 478 g/mol. The second-order valence-electron chi connectivity index (χ2n) is 9.28. The molecule has 0 amide bonds. The van der Waals surface area contributed by atoms with E-state index in [1.54, 1.807) is 0 Å². The Hall–Kier alpha value is -5.03. The van der Waals surface area contributed by atoms with Crippen molar-refractivity contribution in [3.05, 3.63) is 121 Å². The molecule has 174 valence electrons. The summed E-state index contributed by atoms with van der Waals surface area (Å²) in [5.74, 6) is 0.540. The van der Waals surface area contributed by atoms with E-state index < -0.39 is 0 Å². The Morgan fingerprint density at radius 1 is 0.514 bits per heavy atom. The van der Waals surface area contributed by atoms with Crippen molar-refractivity contribution >= 4 is 49.4 Å². The zero-order valence-electron chi connectivity index (χ0n) is 19.6. The van der Waals surface area contributed by atoms with Crippen LogP contribution < -0.4 is 0 Å². The molecule has 37 heavy (non-hydrogen) atoms. The highest BCUT2D eigenvalue weighted by molar-refractivity contribution is 6.10. The number of hydrogen-bond acceptors (Lipinski definition) is 2. The van der Waals surface area contributed by atoms with Crippen molar-refractivity contribution in [2.24, 2.45) is 0 Å². The molecule has 3 aromatic heterocycles. The van der Waals surface area contributed by atoms with E-state index in [1.165, 1.54) is 12.1 Å². The first kappa shape index (κ1) is 20.2. The first-order valence-corrected chi connectivity index (χ1v) is 12.2. The third-order valence-electron chi connectivity index (χ3n) is 7.18. The predicted molar refractivity (Wildman–Crippen MR) is 148 cm³/mol. The van der Waals surface area contributed by atoms with Gasteiger partial charge in [0.15, 0.2) is 0 Å².